The summed E-state index contributed by atoms with van der Waals surface area (Å²) in [6, 6.07) is 2.70. The summed E-state index contributed by atoms with van der Waals surface area (Å²) in [5.41, 5.74) is -0.256. The molecule has 1 fully saturated rings. The van der Waals surface area contributed by atoms with Gasteiger partial charge in [-0.1, -0.05) is 0 Å². The zero-order valence-corrected chi connectivity index (χ0v) is 11.3. The van der Waals surface area contributed by atoms with Crippen LogP contribution in [0.2, 0.25) is 0 Å². The summed E-state index contributed by atoms with van der Waals surface area (Å²) in [4.78, 5) is 22.5. The smallest absolute Gasteiger partial charge is 0.335 e. The standard InChI is InChI=1S/C14H17FN2O4/c15-11-7-8(13(19)20)1-6-12(11)17-14(21)16-9-2-4-10(18)5-3-9/h1,6-7,9-10,18H,2-5H2,(H,19,20)(H2,16,17,21). The van der Waals surface area contributed by atoms with Crippen molar-refractivity contribution in [3.63, 3.8) is 0 Å². The van der Waals surface area contributed by atoms with E-state index < -0.39 is 17.8 Å². The molecular weight excluding hydrogens is 279 g/mol. The van der Waals surface area contributed by atoms with Gasteiger partial charge in [-0.25, -0.2) is 14.0 Å². The lowest BCUT2D eigenvalue weighted by Crippen LogP contribution is -2.41. The van der Waals surface area contributed by atoms with E-state index in [9.17, 15) is 19.1 Å². The van der Waals surface area contributed by atoms with E-state index in [1.165, 1.54) is 12.1 Å². The van der Waals surface area contributed by atoms with Gasteiger partial charge in [0.05, 0.1) is 17.4 Å². The average Bonchev–Trinajstić information content (AvgIpc) is 2.43. The van der Waals surface area contributed by atoms with Gasteiger partial charge in [-0.2, -0.15) is 0 Å². The number of carboxylic acids is 1. The van der Waals surface area contributed by atoms with E-state index in [-0.39, 0.29) is 23.4 Å². The van der Waals surface area contributed by atoms with Crippen molar-refractivity contribution >= 4 is 17.7 Å². The number of anilines is 1. The Morgan fingerprint density at radius 1 is 1.19 bits per heavy atom. The molecule has 7 heteroatoms. The molecule has 21 heavy (non-hydrogen) atoms. The second-order valence-corrected chi connectivity index (χ2v) is 5.10. The fourth-order valence-electron chi connectivity index (χ4n) is 2.31. The maximum absolute atomic E-state index is 13.7. The van der Waals surface area contributed by atoms with Gasteiger partial charge in [0.15, 0.2) is 0 Å². The number of carboxylic acid groups (broad SMARTS) is 1. The minimum atomic E-state index is -1.23. The first kappa shape index (κ1) is 15.2. The molecule has 0 radical (unpaired) electrons. The van der Waals surface area contributed by atoms with Crippen molar-refractivity contribution in [3.05, 3.63) is 29.6 Å². The number of rotatable bonds is 3. The Morgan fingerprint density at radius 2 is 1.86 bits per heavy atom. The monoisotopic (exact) mass is 296 g/mol. The lowest BCUT2D eigenvalue weighted by Gasteiger charge is -2.26. The molecule has 1 aromatic carbocycles. The van der Waals surface area contributed by atoms with Crippen molar-refractivity contribution in [3.8, 4) is 0 Å². The molecule has 0 aromatic heterocycles. The number of carbonyl (C=O) groups is 2. The van der Waals surface area contributed by atoms with Gasteiger partial charge in [-0.15, -0.1) is 0 Å². The van der Waals surface area contributed by atoms with Crippen LogP contribution in [0.25, 0.3) is 0 Å². The van der Waals surface area contributed by atoms with Crippen molar-refractivity contribution < 1.29 is 24.2 Å². The first-order chi connectivity index (χ1) is 9.95. The van der Waals surface area contributed by atoms with Crippen LogP contribution in [0.3, 0.4) is 0 Å². The van der Waals surface area contributed by atoms with Crippen molar-refractivity contribution in [1.29, 1.82) is 0 Å². The fraction of sp³-hybridized carbons (Fsp3) is 0.429. The highest BCUT2D eigenvalue weighted by molar-refractivity contribution is 5.91. The molecule has 114 valence electrons. The molecule has 1 aliphatic rings. The van der Waals surface area contributed by atoms with Crippen molar-refractivity contribution in [2.24, 2.45) is 0 Å². The van der Waals surface area contributed by atoms with Crippen LogP contribution in [-0.2, 0) is 0 Å². The molecule has 0 aliphatic heterocycles. The van der Waals surface area contributed by atoms with E-state index in [0.717, 1.165) is 6.07 Å². The SMILES string of the molecule is O=C(Nc1ccc(C(=O)O)cc1F)NC1CCC(O)CC1. The van der Waals surface area contributed by atoms with Gasteiger partial charge in [0.2, 0.25) is 0 Å². The average molecular weight is 296 g/mol. The molecule has 1 aliphatic carbocycles. The summed E-state index contributed by atoms with van der Waals surface area (Å²) in [5.74, 6) is -2.03. The molecule has 0 bridgehead atoms. The van der Waals surface area contributed by atoms with Gasteiger partial charge in [-0.05, 0) is 43.9 Å². The van der Waals surface area contributed by atoms with Crippen molar-refractivity contribution in [2.45, 2.75) is 37.8 Å². The predicted octanol–water partition coefficient (Wildman–Crippen LogP) is 1.95. The minimum Gasteiger partial charge on any atom is -0.478 e. The summed E-state index contributed by atoms with van der Waals surface area (Å²) >= 11 is 0. The first-order valence-corrected chi connectivity index (χ1v) is 6.74. The number of aromatic carboxylic acids is 1. The number of hydrogen-bond donors (Lipinski definition) is 4. The van der Waals surface area contributed by atoms with Crippen LogP contribution >= 0.6 is 0 Å². The van der Waals surface area contributed by atoms with E-state index in [1.54, 1.807) is 0 Å². The second kappa shape index (κ2) is 6.53. The van der Waals surface area contributed by atoms with E-state index in [4.69, 9.17) is 5.11 Å². The molecule has 2 amide bonds. The Bertz CT molecular complexity index is 542. The third kappa shape index (κ3) is 4.16. The number of aliphatic hydroxyl groups is 1. The molecule has 0 spiro atoms. The Kier molecular flexibility index (Phi) is 4.74. The van der Waals surface area contributed by atoms with Crippen LogP contribution in [-0.4, -0.2) is 34.4 Å². The normalized spacial score (nSPS) is 21.6. The third-order valence-corrected chi connectivity index (χ3v) is 3.50. The second-order valence-electron chi connectivity index (χ2n) is 5.10. The summed E-state index contributed by atoms with van der Waals surface area (Å²) in [6.07, 6.45) is 2.30. The predicted molar refractivity (Wildman–Crippen MR) is 73.8 cm³/mol. The number of halogens is 1. The molecule has 6 nitrogen and oxygen atoms in total. The van der Waals surface area contributed by atoms with Crippen molar-refractivity contribution in [1.82, 2.24) is 5.32 Å². The largest absolute Gasteiger partial charge is 0.478 e. The van der Waals surface area contributed by atoms with E-state index in [1.807, 2.05) is 0 Å². The van der Waals surface area contributed by atoms with Gasteiger partial charge >= 0.3 is 12.0 Å². The Balaban J connectivity index is 1.92. The van der Waals surface area contributed by atoms with Gasteiger partial charge < -0.3 is 20.8 Å². The summed E-state index contributed by atoms with van der Waals surface area (Å²) in [6.45, 7) is 0. The number of aliphatic hydroxyl groups excluding tert-OH is 1. The quantitative estimate of drug-likeness (QED) is 0.685. The van der Waals surface area contributed by atoms with Crippen LogP contribution in [0, 0.1) is 5.82 Å². The number of carbonyl (C=O) groups excluding carboxylic acids is 1. The molecule has 0 atom stereocenters. The molecule has 0 unspecified atom stereocenters. The van der Waals surface area contributed by atoms with Crippen molar-refractivity contribution in [2.75, 3.05) is 5.32 Å². The summed E-state index contributed by atoms with van der Waals surface area (Å²) in [5, 5.41) is 23.2. The molecule has 0 heterocycles. The third-order valence-electron chi connectivity index (χ3n) is 3.50. The van der Waals surface area contributed by atoms with Crippen LogP contribution in [0.4, 0.5) is 14.9 Å². The first-order valence-electron chi connectivity index (χ1n) is 6.74. The number of benzene rings is 1. The lowest BCUT2D eigenvalue weighted by molar-refractivity contribution is 0.0696. The van der Waals surface area contributed by atoms with E-state index in [0.29, 0.717) is 25.7 Å². The zero-order valence-electron chi connectivity index (χ0n) is 11.3. The molecule has 4 N–H and O–H groups in total. The Labute approximate surface area is 121 Å². The molecule has 2 rings (SSSR count). The van der Waals surface area contributed by atoms with Crippen LogP contribution < -0.4 is 10.6 Å². The molecule has 1 saturated carbocycles. The van der Waals surface area contributed by atoms with Crippen LogP contribution in [0.5, 0.6) is 0 Å². The Morgan fingerprint density at radius 3 is 2.43 bits per heavy atom. The van der Waals surface area contributed by atoms with Gasteiger partial charge in [0.25, 0.3) is 0 Å². The molecular formula is C14H17FN2O4. The summed E-state index contributed by atoms with van der Waals surface area (Å²) in [7, 11) is 0. The maximum Gasteiger partial charge on any atom is 0.335 e. The number of amides is 2. The van der Waals surface area contributed by atoms with Crippen LogP contribution in [0.1, 0.15) is 36.0 Å². The zero-order chi connectivity index (χ0) is 15.4. The summed E-state index contributed by atoms with van der Waals surface area (Å²) < 4.78 is 13.7. The highest BCUT2D eigenvalue weighted by Gasteiger charge is 2.21. The number of nitrogens with one attached hydrogen (secondary N) is 2. The highest BCUT2D eigenvalue weighted by Crippen LogP contribution is 2.19. The van der Waals surface area contributed by atoms with E-state index in [2.05, 4.69) is 10.6 Å². The van der Waals surface area contributed by atoms with Gasteiger partial charge in [0, 0.05) is 6.04 Å². The highest BCUT2D eigenvalue weighted by atomic mass is 19.1. The maximum atomic E-state index is 13.7. The fourth-order valence-corrected chi connectivity index (χ4v) is 2.31. The minimum absolute atomic E-state index is 0.0465. The Hall–Kier alpha value is -2.15. The molecule has 0 saturated heterocycles. The number of urea groups is 1. The van der Waals surface area contributed by atoms with Gasteiger partial charge in [0.1, 0.15) is 5.82 Å². The topological polar surface area (TPSA) is 98.7 Å². The number of hydrogen-bond acceptors (Lipinski definition) is 3. The lowest BCUT2D eigenvalue weighted by atomic mass is 9.93. The van der Waals surface area contributed by atoms with E-state index >= 15 is 0 Å². The van der Waals surface area contributed by atoms with Crippen LogP contribution in [0.15, 0.2) is 18.2 Å². The van der Waals surface area contributed by atoms with Gasteiger partial charge in [-0.3, -0.25) is 0 Å². The molecule has 1 aromatic rings.